The number of fused-ring (bicyclic) bond motifs is 4. The van der Waals surface area contributed by atoms with Crippen molar-refractivity contribution in [1.82, 2.24) is 4.90 Å². The Morgan fingerprint density at radius 2 is 0.723 bits per heavy atom. The lowest BCUT2D eigenvalue weighted by atomic mass is 9.83. The molecule has 8 aliphatic carbocycles. The van der Waals surface area contributed by atoms with Gasteiger partial charge in [-0.05, 0) is 221 Å². The van der Waals surface area contributed by atoms with Gasteiger partial charge in [0.05, 0.1) is 0 Å². The van der Waals surface area contributed by atoms with Gasteiger partial charge in [-0.2, -0.15) is 0 Å². The van der Waals surface area contributed by atoms with Crippen LogP contribution in [0.4, 0.5) is 0 Å². The molecule has 0 N–H and O–H groups in total. The van der Waals surface area contributed by atoms with E-state index >= 15 is 0 Å². The fraction of sp³-hybridized carbons (Fsp3) is 0.594. The molecule has 8 fully saturated rings. The molecule has 0 spiro atoms. The van der Waals surface area contributed by atoms with Crippen LogP contribution in [-0.2, 0) is 25.8 Å². The van der Waals surface area contributed by atoms with Gasteiger partial charge in [0, 0.05) is 19.6 Å². The van der Waals surface area contributed by atoms with Crippen LogP contribution in [0, 0.1) is 71.0 Å². The van der Waals surface area contributed by atoms with Gasteiger partial charge >= 0.3 is 0 Å². The van der Waals surface area contributed by atoms with Crippen molar-refractivity contribution in [3.05, 3.63) is 155 Å². The van der Waals surface area contributed by atoms with E-state index in [2.05, 4.69) is 110 Å². The standard InChI is InChI=1S/C33H40.C27H37N.2C2H6/c1-22-12-28-8-10-30(32(28)14-22)20-26-17-25(16-24-6-4-3-5-7-24)18-27(19-26)21-31-11-9-29-13-23(2)15-33(29)31;1-19-12-22-8-10-24(26(22)14-19)17-28(16-21-6-4-3-5-7-21)18-25-11-9-23-13-20(2)15-27(23)25;2*1-2/h3-7,17-19,28-33H,1-2,8-16,20-21H2;3-7,22-27H,1-2,8-18H2;2*1-2H3/t28?,29?,30-,31-,32-,33-;22?,23?,24-,25-,26-,27-;;/m00../s1. The lowest BCUT2D eigenvalue weighted by Crippen LogP contribution is -2.36. The summed E-state index contributed by atoms with van der Waals surface area (Å²) in [5.41, 5.74) is 13.7. The van der Waals surface area contributed by atoms with E-state index in [4.69, 9.17) is 0 Å². The number of hydrogen-bond acceptors (Lipinski definition) is 1. The fourth-order valence-corrected chi connectivity index (χ4v) is 15.7. The van der Waals surface area contributed by atoms with Gasteiger partial charge in [-0.1, -0.05) is 155 Å². The summed E-state index contributed by atoms with van der Waals surface area (Å²) in [4.78, 5) is 2.84. The zero-order chi connectivity index (χ0) is 45.5. The highest BCUT2D eigenvalue weighted by Crippen LogP contribution is 2.53. The van der Waals surface area contributed by atoms with E-state index in [1.807, 2.05) is 27.7 Å². The van der Waals surface area contributed by atoms with Crippen LogP contribution in [-0.4, -0.2) is 18.0 Å². The Morgan fingerprint density at radius 3 is 1.12 bits per heavy atom. The quantitative estimate of drug-likeness (QED) is 0.164. The topological polar surface area (TPSA) is 3.24 Å². The number of benzene rings is 3. The molecule has 0 radical (unpaired) electrons. The van der Waals surface area contributed by atoms with Crippen molar-refractivity contribution in [3.8, 4) is 0 Å². The molecule has 1 nitrogen and oxygen atoms in total. The van der Waals surface area contributed by atoms with Crippen molar-refractivity contribution in [2.45, 2.75) is 156 Å². The highest BCUT2D eigenvalue weighted by molar-refractivity contribution is 5.35. The third-order valence-corrected chi connectivity index (χ3v) is 18.4. The number of rotatable bonds is 12. The molecule has 0 aromatic heterocycles. The van der Waals surface area contributed by atoms with Gasteiger partial charge in [-0.3, -0.25) is 4.90 Å². The first-order valence-corrected chi connectivity index (χ1v) is 27.3. The van der Waals surface area contributed by atoms with Gasteiger partial charge in [0.1, 0.15) is 0 Å². The minimum absolute atomic E-state index is 0.864. The molecule has 0 bridgehead atoms. The highest BCUT2D eigenvalue weighted by atomic mass is 15.1. The Labute approximate surface area is 398 Å². The zero-order valence-corrected chi connectivity index (χ0v) is 41.8. The Hall–Kier alpha value is -3.42. The first-order chi connectivity index (χ1) is 31.8. The molecule has 0 aliphatic heterocycles. The summed E-state index contributed by atoms with van der Waals surface area (Å²) in [6.07, 6.45) is 25.5. The predicted octanol–water partition coefficient (Wildman–Crippen LogP) is 16.9. The Balaban J connectivity index is 0.000000167. The molecule has 8 aliphatic rings. The SMILES string of the molecule is C=C1CC2CC[C@@H](CN(Cc3ccccc3)C[C@@H]3CCC4CC(=C)C[C@@H]43)[C@H]2C1.C=C1CC2CC[C@@H](Cc3cc(Cc4ccccc4)cc(C[C@@H]4CCC5CC(=C)C[C@@H]54)c3)[C@H]2C1.CC.CC. The first kappa shape index (κ1) is 48.1. The molecule has 1 heteroatoms. The summed E-state index contributed by atoms with van der Waals surface area (Å²) >= 11 is 0. The Kier molecular flexibility index (Phi) is 16.7. The summed E-state index contributed by atoms with van der Waals surface area (Å²) < 4.78 is 0. The molecular formula is C64H89N. The number of hydrogen-bond donors (Lipinski definition) is 0. The molecule has 3 aromatic rings. The second-order valence-electron chi connectivity index (χ2n) is 22.6. The fourth-order valence-electron chi connectivity index (χ4n) is 15.7. The summed E-state index contributed by atoms with van der Waals surface area (Å²) in [7, 11) is 0. The molecule has 3 aromatic carbocycles. The summed E-state index contributed by atoms with van der Waals surface area (Å²) in [6, 6.07) is 29.9. The lowest BCUT2D eigenvalue weighted by molar-refractivity contribution is 0.151. The van der Waals surface area contributed by atoms with Crippen LogP contribution in [0.5, 0.6) is 0 Å². The molecule has 65 heavy (non-hydrogen) atoms. The van der Waals surface area contributed by atoms with Gasteiger partial charge in [0.15, 0.2) is 0 Å². The van der Waals surface area contributed by atoms with Gasteiger partial charge in [-0.15, -0.1) is 0 Å². The van der Waals surface area contributed by atoms with Crippen LogP contribution in [0.3, 0.4) is 0 Å². The van der Waals surface area contributed by atoms with Crippen LogP contribution in [0.2, 0.25) is 0 Å². The van der Waals surface area contributed by atoms with E-state index in [0.717, 1.165) is 84.0 Å². The van der Waals surface area contributed by atoms with E-state index in [9.17, 15) is 0 Å². The maximum atomic E-state index is 4.34. The van der Waals surface area contributed by atoms with Crippen molar-refractivity contribution in [2.24, 2.45) is 71.0 Å². The monoisotopic (exact) mass is 872 g/mol. The molecule has 0 heterocycles. The average molecular weight is 872 g/mol. The largest absolute Gasteiger partial charge is 0.299 e. The van der Waals surface area contributed by atoms with Crippen molar-refractivity contribution in [2.75, 3.05) is 13.1 Å². The zero-order valence-electron chi connectivity index (χ0n) is 41.8. The van der Waals surface area contributed by atoms with E-state index < -0.39 is 0 Å². The minimum Gasteiger partial charge on any atom is -0.299 e. The summed E-state index contributed by atoms with van der Waals surface area (Å²) in [6.45, 7) is 29.1. The van der Waals surface area contributed by atoms with Gasteiger partial charge in [0.2, 0.25) is 0 Å². The van der Waals surface area contributed by atoms with Gasteiger partial charge < -0.3 is 0 Å². The third kappa shape index (κ3) is 11.8. The molecule has 350 valence electrons. The molecule has 12 atom stereocenters. The first-order valence-electron chi connectivity index (χ1n) is 27.3. The predicted molar refractivity (Wildman–Crippen MR) is 280 cm³/mol. The van der Waals surface area contributed by atoms with Crippen molar-refractivity contribution >= 4 is 0 Å². The Morgan fingerprint density at radius 1 is 0.385 bits per heavy atom. The van der Waals surface area contributed by atoms with E-state index in [-0.39, 0.29) is 0 Å². The summed E-state index contributed by atoms with van der Waals surface area (Å²) in [5, 5.41) is 0. The van der Waals surface area contributed by atoms with E-state index in [1.165, 1.54) is 168 Å². The summed E-state index contributed by atoms with van der Waals surface area (Å²) in [5.74, 6) is 10.9. The van der Waals surface area contributed by atoms with Crippen LogP contribution < -0.4 is 0 Å². The maximum absolute atomic E-state index is 4.34. The molecule has 0 amide bonds. The molecule has 11 rings (SSSR count). The second kappa shape index (κ2) is 22.6. The normalized spacial score (nSPS) is 32.9. The van der Waals surface area contributed by atoms with Gasteiger partial charge in [0.25, 0.3) is 0 Å². The van der Waals surface area contributed by atoms with Crippen molar-refractivity contribution < 1.29 is 0 Å². The highest BCUT2D eigenvalue weighted by Gasteiger charge is 2.45. The molecular weight excluding hydrogens is 783 g/mol. The third-order valence-electron chi connectivity index (χ3n) is 18.4. The maximum Gasteiger partial charge on any atom is 0.0233 e. The molecule has 8 saturated carbocycles. The van der Waals surface area contributed by atoms with Gasteiger partial charge in [-0.25, -0.2) is 0 Å². The average Bonchev–Trinajstić information content (AvgIpc) is 4.20. The van der Waals surface area contributed by atoms with E-state index in [0.29, 0.717) is 0 Å². The minimum atomic E-state index is 0.864. The second-order valence-corrected chi connectivity index (χ2v) is 22.6. The van der Waals surface area contributed by atoms with Crippen LogP contribution >= 0.6 is 0 Å². The number of nitrogens with zero attached hydrogens (tertiary/aromatic N) is 1. The lowest BCUT2D eigenvalue weighted by Gasteiger charge is -2.32. The number of allylic oxidation sites excluding steroid dienone is 4. The van der Waals surface area contributed by atoms with E-state index in [1.54, 1.807) is 11.1 Å². The van der Waals surface area contributed by atoms with Crippen LogP contribution in [0.15, 0.2) is 127 Å². The molecule has 0 saturated heterocycles. The van der Waals surface area contributed by atoms with Crippen molar-refractivity contribution in [3.63, 3.8) is 0 Å². The smallest absolute Gasteiger partial charge is 0.0233 e. The molecule has 4 unspecified atom stereocenters. The van der Waals surface area contributed by atoms with Crippen molar-refractivity contribution in [1.29, 1.82) is 0 Å². The Bertz CT molecular complexity index is 1940. The van der Waals surface area contributed by atoms with Crippen LogP contribution in [0.25, 0.3) is 0 Å². The van der Waals surface area contributed by atoms with Crippen LogP contribution in [0.1, 0.15) is 158 Å².